The first kappa shape index (κ1) is 17.4. The zero-order valence-corrected chi connectivity index (χ0v) is 16.1. The first-order valence-electron chi connectivity index (χ1n) is 8.84. The largest absolute Gasteiger partial charge is 0.350 e. The summed E-state index contributed by atoms with van der Waals surface area (Å²) < 4.78 is 0. The maximum atomic E-state index is 12.9. The minimum absolute atomic E-state index is 0.123. The standard InChI is InChI=1S/C23H20N2OS/c1-15-12-13-19-18(14-15)16(2)22(24-19)23(26)25-20-10-6-7-11-21(20)27-17-8-4-3-5-9-17/h3-14,24H,1-2H3,(H,25,26). The molecule has 0 saturated carbocycles. The number of carbonyl (C=O) groups excluding carboxylic acids is 1. The number of hydrogen-bond acceptors (Lipinski definition) is 2. The van der Waals surface area contributed by atoms with E-state index in [0.29, 0.717) is 5.69 Å². The van der Waals surface area contributed by atoms with Gasteiger partial charge < -0.3 is 10.3 Å². The van der Waals surface area contributed by atoms with Crippen LogP contribution in [0.3, 0.4) is 0 Å². The van der Waals surface area contributed by atoms with Crippen LogP contribution in [0.1, 0.15) is 21.6 Å². The number of nitrogens with one attached hydrogen (secondary N) is 2. The molecule has 134 valence electrons. The number of rotatable bonds is 4. The molecule has 0 bridgehead atoms. The van der Waals surface area contributed by atoms with E-state index in [2.05, 4.69) is 35.4 Å². The Hall–Kier alpha value is -2.98. The minimum Gasteiger partial charge on any atom is -0.350 e. The van der Waals surface area contributed by atoms with Gasteiger partial charge in [0.15, 0.2) is 0 Å². The number of anilines is 1. The van der Waals surface area contributed by atoms with Crippen molar-refractivity contribution in [2.75, 3.05) is 5.32 Å². The second-order valence-corrected chi connectivity index (χ2v) is 7.65. The summed E-state index contributed by atoms with van der Waals surface area (Å²) in [5, 5.41) is 4.16. The number of H-pyrrole nitrogens is 1. The molecule has 3 nitrogen and oxygen atoms in total. The maximum Gasteiger partial charge on any atom is 0.272 e. The van der Waals surface area contributed by atoms with Crippen LogP contribution < -0.4 is 5.32 Å². The smallest absolute Gasteiger partial charge is 0.272 e. The lowest BCUT2D eigenvalue weighted by Crippen LogP contribution is -2.14. The second-order valence-electron chi connectivity index (χ2n) is 6.54. The number of benzene rings is 3. The van der Waals surface area contributed by atoms with E-state index in [9.17, 15) is 4.79 Å². The average molecular weight is 372 g/mol. The van der Waals surface area contributed by atoms with Crippen LogP contribution in [0, 0.1) is 13.8 Å². The summed E-state index contributed by atoms with van der Waals surface area (Å²) in [5.74, 6) is -0.123. The Labute approximate surface area is 162 Å². The van der Waals surface area contributed by atoms with Gasteiger partial charge in [-0.3, -0.25) is 4.79 Å². The summed E-state index contributed by atoms with van der Waals surface area (Å²) in [6, 6.07) is 24.2. The summed E-state index contributed by atoms with van der Waals surface area (Å²) in [7, 11) is 0. The molecule has 1 amide bonds. The Bertz CT molecular complexity index is 1120. The highest BCUT2D eigenvalue weighted by Gasteiger charge is 2.16. The van der Waals surface area contributed by atoms with Crippen LogP contribution in [0.4, 0.5) is 5.69 Å². The van der Waals surface area contributed by atoms with E-state index >= 15 is 0 Å². The molecule has 2 N–H and O–H groups in total. The third kappa shape index (κ3) is 3.62. The highest BCUT2D eigenvalue weighted by atomic mass is 32.2. The summed E-state index contributed by atoms with van der Waals surface area (Å²) in [6.07, 6.45) is 0. The van der Waals surface area contributed by atoms with Gasteiger partial charge in [-0.15, -0.1) is 0 Å². The Morgan fingerprint density at radius 3 is 2.48 bits per heavy atom. The summed E-state index contributed by atoms with van der Waals surface area (Å²) in [4.78, 5) is 18.4. The number of hydrogen-bond donors (Lipinski definition) is 2. The molecule has 4 heteroatoms. The fourth-order valence-corrected chi connectivity index (χ4v) is 4.05. The number of carbonyl (C=O) groups is 1. The SMILES string of the molecule is Cc1ccc2[nH]c(C(=O)Nc3ccccc3Sc3ccccc3)c(C)c2c1. The Balaban J connectivity index is 1.63. The Kier molecular flexibility index (Phi) is 4.73. The molecule has 0 atom stereocenters. The lowest BCUT2D eigenvalue weighted by atomic mass is 10.1. The predicted molar refractivity (Wildman–Crippen MR) is 113 cm³/mol. The Morgan fingerprint density at radius 2 is 1.67 bits per heavy atom. The van der Waals surface area contributed by atoms with Crippen molar-refractivity contribution in [3.63, 3.8) is 0 Å². The monoisotopic (exact) mass is 372 g/mol. The van der Waals surface area contributed by atoms with E-state index in [1.807, 2.05) is 61.5 Å². The molecule has 0 aliphatic rings. The van der Waals surface area contributed by atoms with Crippen molar-refractivity contribution in [2.45, 2.75) is 23.6 Å². The van der Waals surface area contributed by atoms with Gasteiger partial charge in [0.25, 0.3) is 5.91 Å². The quantitative estimate of drug-likeness (QED) is 0.449. The summed E-state index contributed by atoms with van der Waals surface area (Å²) >= 11 is 1.64. The van der Waals surface area contributed by atoms with Crippen LogP contribution >= 0.6 is 11.8 Å². The molecule has 1 aromatic heterocycles. The van der Waals surface area contributed by atoms with Crippen LogP contribution in [-0.2, 0) is 0 Å². The van der Waals surface area contributed by atoms with Gasteiger partial charge in [0.2, 0.25) is 0 Å². The van der Waals surface area contributed by atoms with Gasteiger partial charge in [-0.2, -0.15) is 0 Å². The van der Waals surface area contributed by atoms with Crippen molar-refractivity contribution < 1.29 is 4.79 Å². The number of aromatic amines is 1. The van der Waals surface area contributed by atoms with E-state index in [0.717, 1.165) is 31.9 Å². The zero-order chi connectivity index (χ0) is 18.8. The van der Waals surface area contributed by atoms with Gasteiger partial charge in [0, 0.05) is 20.7 Å². The molecular weight excluding hydrogens is 352 g/mol. The molecule has 0 spiro atoms. The molecule has 0 aliphatic carbocycles. The summed E-state index contributed by atoms with van der Waals surface area (Å²) in [6.45, 7) is 4.04. The minimum atomic E-state index is -0.123. The lowest BCUT2D eigenvalue weighted by molar-refractivity contribution is 0.102. The highest BCUT2D eigenvalue weighted by molar-refractivity contribution is 7.99. The van der Waals surface area contributed by atoms with Crippen LogP contribution in [0.15, 0.2) is 82.6 Å². The van der Waals surface area contributed by atoms with Gasteiger partial charge in [-0.05, 0) is 55.8 Å². The zero-order valence-electron chi connectivity index (χ0n) is 15.2. The fraction of sp³-hybridized carbons (Fsp3) is 0.0870. The van der Waals surface area contributed by atoms with Crippen molar-refractivity contribution in [2.24, 2.45) is 0 Å². The van der Waals surface area contributed by atoms with Crippen LogP contribution in [-0.4, -0.2) is 10.9 Å². The van der Waals surface area contributed by atoms with E-state index in [1.165, 1.54) is 5.56 Å². The Morgan fingerprint density at radius 1 is 0.926 bits per heavy atom. The van der Waals surface area contributed by atoms with Crippen LogP contribution in [0.2, 0.25) is 0 Å². The number of fused-ring (bicyclic) bond motifs is 1. The van der Waals surface area contributed by atoms with Crippen molar-refractivity contribution in [3.05, 3.63) is 89.6 Å². The van der Waals surface area contributed by atoms with Crippen molar-refractivity contribution in [1.29, 1.82) is 0 Å². The molecule has 0 saturated heterocycles. The number of para-hydroxylation sites is 1. The second kappa shape index (κ2) is 7.33. The lowest BCUT2D eigenvalue weighted by Gasteiger charge is -2.10. The van der Waals surface area contributed by atoms with E-state index in [1.54, 1.807) is 11.8 Å². The molecular formula is C23H20N2OS. The normalized spacial score (nSPS) is 10.9. The fourth-order valence-electron chi connectivity index (χ4n) is 3.13. The van der Waals surface area contributed by atoms with Gasteiger partial charge in [0.1, 0.15) is 5.69 Å². The van der Waals surface area contributed by atoms with Gasteiger partial charge in [-0.1, -0.05) is 53.7 Å². The van der Waals surface area contributed by atoms with Gasteiger partial charge in [-0.25, -0.2) is 0 Å². The molecule has 0 radical (unpaired) electrons. The molecule has 1 heterocycles. The van der Waals surface area contributed by atoms with Crippen LogP contribution in [0.5, 0.6) is 0 Å². The van der Waals surface area contributed by atoms with Crippen LogP contribution in [0.25, 0.3) is 10.9 Å². The number of amides is 1. The molecule has 0 aliphatic heterocycles. The molecule has 0 fully saturated rings. The van der Waals surface area contributed by atoms with Gasteiger partial charge in [0.05, 0.1) is 5.69 Å². The van der Waals surface area contributed by atoms with E-state index in [-0.39, 0.29) is 5.91 Å². The first-order chi connectivity index (χ1) is 13.1. The third-order valence-corrected chi connectivity index (χ3v) is 5.63. The van der Waals surface area contributed by atoms with Crippen molar-refractivity contribution in [3.8, 4) is 0 Å². The highest BCUT2D eigenvalue weighted by Crippen LogP contribution is 2.33. The topological polar surface area (TPSA) is 44.9 Å². The first-order valence-corrected chi connectivity index (χ1v) is 9.65. The third-order valence-electron chi connectivity index (χ3n) is 4.55. The van der Waals surface area contributed by atoms with Gasteiger partial charge >= 0.3 is 0 Å². The molecule has 4 aromatic rings. The summed E-state index contributed by atoms with van der Waals surface area (Å²) in [5.41, 5.74) is 4.55. The van der Waals surface area contributed by atoms with E-state index < -0.39 is 0 Å². The van der Waals surface area contributed by atoms with Crippen molar-refractivity contribution >= 4 is 34.3 Å². The van der Waals surface area contributed by atoms with E-state index in [4.69, 9.17) is 0 Å². The molecule has 4 rings (SSSR count). The average Bonchev–Trinajstić information content (AvgIpc) is 3.00. The maximum absolute atomic E-state index is 12.9. The molecule has 27 heavy (non-hydrogen) atoms. The van der Waals surface area contributed by atoms with Crippen molar-refractivity contribution in [1.82, 2.24) is 4.98 Å². The number of aromatic nitrogens is 1. The predicted octanol–water partition coefficient (Wildman–Crippen LogP) is 6.19. The molecule has 3 aromatic carbocycles. The number of aryl methyl sites for hydroxylation is 2. The molecule has 0 unspecified atom stereocenters.